The Balaban J connectivity index is 2.34. The summed E-state index contributed by atoms with van der Waals surface area (Å²) in [7, 11) is 0. The first-order valence-electron chi connectivity index (χ1n) is 4.25. The van der Waals surface area contributed by atoms with Crippen molar-refractivity contribution in [2.75, 3.05) is 10.6 Å². The Morgan fingerprint density at radius 2 is 2.00 bits per heavy atom. The molecule has 0 amide bonds. The summed E-state index contributed by atoms with van der Waals surface area (Å²) in [6.45, 7) is 4.31. The van der Waals surface area contributed by atoms with Gasteiger partial charge in [-0.15, -0.1) is 0 Å². The van der Waals surface area contributed by atoms with Crippen LogP contribution in [0, 0.1) is 0 Å². The highest BCUT2D eigenvalue weighted by molar-refractivity contribution is 5.67. The van der Waals surface area contributed by atoms with Crippen molar-refractivity contribution in [3.05, 3.63) is 18.3 Å². The second-order valence-electron chi connectivity index (χ2n) is 3.27. The molecule has 64 valence electrons. The third kappa shape index (κ3) is 1.11. The van der Waals surface area contributed by atoms with E-state index in [1.54, 1.807) is 6.20 Å². The summed E-state index contributed by atoms with van der Waals surface area (Å²) < 4.78 is 0. The third-order valence-electron chi connectivity index (χ3n) is 2.31. The monoisotopic (exact) mass is 163 g/mol. The van der Waals surface area contributed by atoms with Crippen molar-refractivity contribution >= 4 is 11.5 Å². The van der Waals surface area contributed by atoms with Crippen molar-refractivity contribution in [2.45, 2.75) is 25.9 Å². The van der Waals surface area contributed by atoms with E-state index in [1.807, 2.05) is 12.1 Å². The molecule has 12 heavy (non-hydrogen) atoms. The van der Waals surface area contributed by atoms with E-state index in [4.69, 9.17) is 0 Å². The Morgan fingerprint density at radius 1 is 1.25 bits per heavy atom. The van der Waals surface area contributed by atoms with Gasteiger partial charge in [-0.2, -0.15) is 0 Å². The highest BCUT2D eigenvalue weighted by atomic mass is 15.1. The molecule has 0 aliphatic carbocycles. The SMILES string of the molecule is CC1Nc2cccnc2NC1C. The number of anilines is 2. The number of nitrogens with zero attached hydrogens (tertiary/aromatic N) is 1. The minimum Gasteiger partial charge on any atom is -0.378 e. The molecule has 2 atom stereocenters. The minimum absolute atomic E-state index is 0.437. The largest absolute Gasteiger partial charge is 0.378 e. The molecule has 0 radical (unpaired) electrons. The highest BCUT2D eigenvalue weighted by Crippen LogP contribution is 2.24. The highest BCUT2D eigenvalue weighted by Gasteiger charge is 2.19. The lowest BCUT2D eigenvalue weighted by atomic mass is 10.1. The van der Waals surface area contributed by atoms with Crippen LogP contribution in [0.2, 0.25) is 0 Å². The van der Waals surface area contributed by atoms with E-state index in [-0.39, 0.29) is 0 Å². The number of nitrogens with one attached hydrogen (secondary N) is 2. The summed E-state index contributed by atoms with van der Waals surface area (Å²) in [5.74, 6) is 0.961. The Labute approximate surface area is 72.2 Å². The van der Waals surface area contributed by atoms with Gasteiger partial charge in [0.1, 0.15) is 5.82 Å². The smallest absolute Gasteiger partial charge is 0.149 e. The Hall–Kier alpha value is -1.25. The van der Waals surface area contributed by atoms with Crippen LogP contribution in [-0.4, -0.2) is 17.1 Å². The van der Waals surface area contributed by atoms with Gasteiger partial charge in [-0.05, 0) is 26.0 Å². The molecule has 0 aromatic carbocycles. The van der Waals surface area contributed by atoms with Gasteiger partial charge >= 0.3 is 0 Å². The van der Waals surface area contributed by atoms with Crippen LogP contribution in [0.4, 0.5) is 11.5 Å². The van der Waals surface area contributed by atoms with Gasteiger partial charge in [0.2, 0.25) is 0 Å². The van der Waals surface area contributed by atoms with Gasteiger partial charge in [0.05, 0.1) is 5.69 Å². The van der Waals surface area contributed by atoms with Crippen molar-refractivity contribution in [3.63, 3.8) is 0 Å². The summed E-state index contributed by atoms with van der Waals surface area (Å²) >= 11 is 0. The quantitative estimate of drug-likeness (QED) is 0.611. The van der Waals surface area contributed by atoms with Crippen LogP contribution >= 0.6 is 0 Å². The molecule has 3 heteroatoms. The topological polar surface area (TPSA) is 37.0 Å². The number of fused-ring (bicyclic) bond motifs is 1. The number of hydrogen-bond acceptors (Lipinski definition) is 3. The van der Waals surface area contributed by atoms with Gasteiger partial charge in [-0.25, -0.2) is 4.98 Å². The van der Waals surface area contributed by atoms with Gasteiger partial charge in [-0.1, -0.05) is 0 Å². The molecule has 1 aliphatic rings. The summed E-state index contributed by atoms with van der Waals surface area (Å²) in [5.41, 5.74) is 1.10. The predicted molar refractivity (Wildman–Crippen MR) is 50.4 cm³/mol. The molecule has 1 aromatic rings. The maximum absolute atomic E-state index is 4.23. The first-order valence-corrected chi connectivity index (χ1v) is 4.25. The second kappa shape index (κ2) is 2.66. The fraction of sp³-hybridized carbons (Fsp3) is 0.444. The first kappa shape index (κ1) is 7.40. The molecule has 0 saturated carbocycles. The molecule has 1 aromatic heterocycles. The lowest BCUT2D eigenvalue weighted by Crippen LogP contribution is -2.39. The van der Waals surface area contributed by atoms with Crippen LogP contribution < -0.4 is 10.6 Å². The summed E-state index contributed by atoms with van der Waals surface area (Å²) in [4.78, 5) is 4.23. The molecule has 0 spiro atoms. The fourth-order valence-corrected chi connectivity index (χ4v) is 1.35. The van der Waals surface area contributed by atoms with Gasteiger partial charge in [0, 0.05) is 18.3 Å². The zero-order valence-electron chi connectivity index (χ0n) is 7.33. The minimum atomic E-state index is 0.437. The molecule has 1 aliphatic heterocycles. The molecule has 3 nitrogen and oxygen atoms in total. The van der Waals surface area contributed by atoms with Crippen molar-refractivity contribution in [3.8, 4) is 0 Å². The number of rotatable bonds is 0. The van der Waals surface area contributed by atoms with Crippen LogP contribution in [-0.2, 0) is 0 Å². The van der Waals surface area contributed by atoms with E-state index in [1.165, 1.54) is 0 Å². The van der Waals surface area contributed by atoms with Crippen LogP contribution in [0.1, 0.15) is 13.8 Å². The summed E-state index contributed by atoms with van der Waals surface area (Å²) in [6.07, 6.45) is 1.80. The lowest BCUT2D eigenvalue weighted by molar-refractivity contribution is 0.659. The van der Waals surface area contributed by atoms with Crippen LogP contribution in [0.3, 0.4) is 0 Å². The van der Waals surface area contributed by atoms with E-state index in [0.717, 1.165) is 11.5 Å². The Bertz CT molecular complexity index is 256. The van der Waals surface area contributed by atoms with Gasteiger partial charge < -0.3 is 10.6 Å². The average molecular weight is 163 g/mol. The third-order valence-corrected chi connectivity index (χ3v) is 2.31. The lowest BCUT2D eigenvalue weighted by Gasteiger charge is -2.30. The molecule has 2 rings (SSSR count). The van der Waals surface area contributed by atoms with E-state index < -0.39 is 0 Å². The van der Waals surface area contributed by atoms with Gasteiger partial charge in [0.15, 0.2) is 0 Å². The van der Waals surface area contributed by atoms with Crippen molar-refractivity contribution in [1.29, 1.82) is 0 Å². The maximum Gasteiger partial charge on any atom is 0.149 e. The Morgan fingerprint density at radius 3 is 2.83 bits per heavy atom. The summed E-state index contributed by atoms with van der Waals surface area (Å²) in [6, 6.07) is 4.88. The second-order valence-corrected chi connectivity index (χ2v) is 3.27. The van der Waals surface area contributed by atoms with Crippen LogP contribution in [0.5, 0.6) is 0 Å². The van der Waals surface area contributed by atoms with Crippen molar-refractivity contribution < 1.29 is 0 Å². The number of aromatic nitrogens is 1. The van der Waals surface area contributed by atoms with E-state index in [0.29, 0.717) is 12.1 Å². The molecule has 2 unspecified atom stereocenters. The molecule has 0 saturated heterocycles. The maximum atomic E-state index is 4.23. The van der Waals surface area contributed by atoms with E-state index >= 15 is 0 Å². The molecule has 2 heterocycles. The zero-order chi connectivity index (χ0) is 8.55. The van der Waals surface area contributed by atoms with E-state index in [2.05, 4.69) is 29.5 Å². The predicted octanol–water partition coefficient (Wildman–Crippen LogP) is 1.70. The molecule has 2 N–H and O–H groups in total. The molecular formula is C9H13N3. The van der Waals surface area contributed by atoms with Crippen molar-refractivity contribution in [1.82, 2.24) is 4.98 Å². The standard InChI is InChI=1S/C9H13N3/c1-6-7(2)12-9-8(11-6)4-3-5-10-9/h3-7,11H,1-2H3,(H,10,12). The van der Waals surface area contributed by atoms with Gasteiger partial charge in [0.25, 0.3) is 0 Å². The number of pyridine rings is 1. The number of hydrogen-bond donors (Lipinski definition) is 2. The van der Waals surface area contributed by atoms with Crippen molar-refractivity contribution in [2.24, 2.45) is 0 Å². The molecular weight excluding hydrogens is 150 g/mol. The van der Waals surface area contributed by atoms with Gasteiger partial charge in [-0.3, -0.25) is 0 Å². The molecule has 0 bridgehead atoms. The zero-order valence-corrected chi connectivity index (χ0v) is 7.33. The van der Waals surface area contributed by atoms with Crippen LogP contribution in [0.15, 0.2) is 18.3 Å². The first-order chi connectivity index (χ1) is 5.77. The normalized spacial score (nSPS) is 26.8. The van der Waals surface area contributed by atoms with E-state index in [9.17, 15) is 0 Å². The van der Waals surface area contributed by atoms with Crippen LogP contribution in [0.25, 0.3) is 0 Å². The molecule has 0 fully saturated rings. The summed E-state index contributed by atoms with van der Waals surface area (Å²) in [5, 5.41) is 6.72. The fourth-order valence-electron chi connectivity index (χ4n) is 1.35. The Kier molecular flexibility index (Phi) is 1.64. The average Bonchev–Trinajstić information content (AvgIpc) is 2.07.